The number of carbonyl (C=O) groups excluding carboxylic acids is 1. The molecule has 3 aromatic carbocycles. The van der Waals surface area contributed by atoms with Crippen molar-refractivity contribution in [1.82, 2.24) is 0 Å². The van der Waals surface area contributed by atoms with Gasteiger partial charge in [0, 0.05) is 18.3 Å². The fourth-order valence-electron chi connectivity index (χ4n) is 3.71. The molecule has 0 atom stereocenters. The van der Waals surface area contributed by atoms with Crippen molar-refractivity contribution in [3.63, 3.8) is 0 Å². The molecule has 3 aromatic rings. The molecule has 0 saturated carbocycles. The van der Waals surface area contributed by atoms with Crippen LogP contribution >= 0.6 is 0 Å². The number of nitrogens with zero attached hydrogens (tertiary/aromatic N) is 1. The number of hydrogen-bond acceptors (Lipinski definition) is 6. The highest BCUT2D eigenvalue weighted by Crippen LogP contribution is 2.34. The van der Waals surface area contributed by atoms with Gasteiger partial charge in [-0.1, -0.05) is 18.2 Å². The summed E-state index contributed by atoms with van der Waals surface area (Å²) in [6.45, 7) is 0.353. The van der Waals surface area contributed by atoms with Crippen LogP contribution < -0.4 is 23.8 Å². The maximum absolute atomic E-state index is 13.1. The van der Waals surface area contributed by atoms with Gasteiger partial charge in [-0.25, -0.2) is 8.42 Å². The maximum atomic E-state index is 13.1. The highest BCUT2D eigenvalue weighted by atomic mass is 32.2. The van der Waals surface area contributed by atoms with Crippen LogP contribution in [0.3, 0.4) is 0 Å². The number of ether oxygens (including phenoxy) is 3. The molecule has 2 heterocycles. The number of hydrogen-bond donors (Lipinski definition) is 1. The molecule has 0 fully saturated rings. The number of para-hydroxylation sites is 1. The number of carbonyl (C=O) groups is 1. The first-order chi connectivity index (χ1) is 15.5. The zero-order valence-electron chi connectivity index (χ0n) is 17.0. The maximum Gasteiger partial charge on any atom is 0.264 e. The molecule has 0 radical (unpaired) electrons. The molecule has 0 bridgehead atoms. The smallest absolute Gasteiger partial charge is 0.264 e. The highest BCUT2D eigenvalue weighted by Gasteiger charge is 2.30. The first kappa shape index (κ1) is 20.2. The number of anilines is 2. The van der Waals surface area contributed by atoms with Gasteiger partial charge in [0.1, 0.15) is 5.75 Å². The Balaban J connectivity index is 1.21. The lowest BCUT2D eigenvalue weighted by Gasteiger charge is -2.19. The SMILES string of the molecule is O=C(COc1ccc(S(=O)(=O)N2CCc3ccccc32)cc1)Nc1ccc2c(c1)OCO2. The molecule has 0 aliphatic carbocycles. The summed E-state index contributed by atoms with van der Waals surface area (Å²) in [5.41, 5.74) is 2.30. The zero-order chi connectivity index (χ0) is 22.1. The van der Waals surface area contributed by atoms with Gasteiger partial charge < -0.3 is 19.5 Å². The third-order valence-corrected chi connectivity index (χ3v) is 7.11. The van der Waals surface area contributed by atoms with Gasteiger partial charge in [-0.2, -0.15) is 0 Å². The van der Waals surface area contributed by atoms with Gasteiger partial charge in [0.15, 0.2) is 18.1 Å². The normalized spacial score (nSPS) is 14.2. The minimum absolute atomic E-state index is 0.159. The topological polar surface area (TPSA) is 94.2 Å². The van der Waals surface area contributed by atoms with Gasteiger partial charge in [0.05, 0.1) is 10.6 Å². The summed E-state index contributed by atoms with van der Waals surface area (Å²) >= 11 is 0. The van der Waals surface area contributed by atoms with E-state index < -0.39 is 10.0 Å². The Morgan fingerprint density at radius 2 is 1.78 bits per heavy atom. The van der Waals surface area contributed by atoms with Crippen LogP contribution in [0.5, 0.6) is 17.2 Å². The van der Waals surface area contributed by atoms with Crippen molar-refractivity contribution in [2.45, 2.75) is 11.3 Å². The fraction of sp³-hybridized carbons (Fsp3) is 0.174. The Hall–Kier alpha value is -3.72. The number of nitrogens with one attached hydrogen (secondary N) is 1. The first-order valence-electron chi connectivity index (χ1n) is 10.0. The van der Waals surface area contributed by atoms with Crippen molar-refractivity contribution in [2.24, 2.45) is 0 Å². The molecule has 164 valence electrons. The summed E-state index contributed by atoms with van der Waals surface area (Å²) in [4.78, 5) is 12.4. The summed E-state index contributed by atoms with van der Waals surface area (Å²) in [6, 6.07) is 18.7. The Labute approximate surface area is 185 Å². The number of amides is 1. The lowest BCUT2D eigenvalue weighted by atomic mass is 10.2. The molecule has 32 heavy (non-hydrogen) atoms. The monoisotopic (exact) mass is 452 g/mol. The first-order valence-corrected chi connectivity index (χ1v) is 11.5. The van der Waals surface area contributed by atoms with E-state index in [0.717, 1.165) is 5.56 Å². The van der Waals surface area contributed by atoms with E-state index in [4.69, 9.17) is 14.2 Å². The van der Waals surface area contributed by atoms with E-state index in [1.807, 2.05) is 24.3 Å². The summed E-state index contributed by atoms with van der Waals surface area (Å²) in [6.07, 6.45) is 0.690. The summed E-state index contributed by atoms with van der Waals surface area (Å²) in [5.74, 6) is 1.24. The predicted molar refractivity (Wildman–Crippen MR) is 118 cm³/mol. The predicted octanol–water partition coefficient (Wildman–Crippen LogP) is 3.18. The Morgan fingerprint density at radius 3 is 2.62 bits per heavy atom. The molecule has 0 aromatic heterocycles. The van der Waals surface area contributed by atoms with E-state index in [1.165, 1.54) is 16.4 Å². The third kappa shape index (κ3) is 3.82. The minimum Gasteiger partial charge on any atom is -0.484 e. The van der Waals surface area contributed by atoms with Gasteiger partial charge in [-0.3, -0.25) is 9.10 Å². The van der Waals surface area contributed by atoms with Crippen LogP contribution in [0.4, 0.5) is 11.4 Å². The lowest BCUT2D eigenvalue weighted by Crippen LogP contribution is -2.29. The molecule has 1 amide bonds. The second-order valence-electron chi connectivity index (χ2n) is 7.33. The Bertz CT molecular complexity index is 1270. The van der Waals surface area contributed by atoms with Crippen LogP contribution in [0, 0.1) is 0 Å². The van der Waals surface area contributed by atoms with Crippen LogP contribution in [0.2, 0.25) is 0 Å². The molecule has 0 spiro atoms. The van der Waals surface area contributed by atoms with E-state index in [-0.39, 0.29) is 24.2 Å². The minimum atomic E-state index is -3.67. The molecule has 2 aliphatic heterocycles. The second-order valence-corrected chi connectivity index (χ2v) is 9.19. The average molecular weight is 452 g/mol. The van der Waals surface area contributed by atoms with Gasteiger partial charge in [-0.05, 0) is 54.4 Å². The van der Waals surface area contributed by atoms with Crippen molar-refractivity contribution < 1.29 is 27.4 Å². The van der Waals surface area contributed by atoms with Crippen LogP contribution in [0.15, 0.2) is 71.6 Å². The van der Waals surface area contributed by atoms with E-state index in [9.17, 15) is 13.2 Å². The Morgan fingerprint density at radius 1 is 1.00 bits per heavy atom. The molecule has 0 saturated heterocycles. The van der Waals surface area contributed by atoms with E-state index in [1.54, 1.807) is 30.3 Å². The second kappa shape index (κ2) is 8.08. The van der Waals surface area contributed by atoms with Crippen molar-refractivity contribution in [1.29, 1.82) is 0 Å². The Kier molecular flexibility index (Phi) is 5.10. The number of rotatable bonds is 6. The van der Waals surface area contributed by atoms with E-state index in [2.05, 4.69) is 5.32 Å². The molecule has 2 aliphatic rings. The molecule has 9 heteroatoms. The average Bonchev–Trinajstić information content (AvgIpc) is 3.45. The van der Waals surface area contributed by atoms with Crippen molar-refractivity contribution in [3.05, 3.63) is 72.3 Å². The van der Waals surface area contributed by atoms with Gasteiger partial charge >= 0.3 is 0 Å². The molecule has 0 unspecified atom stereocenters. The van der Waals surface area contributed by atoms with Crippen molar-refractivity contribution >= 4 is 27.3 Å². The highest BCUT2D eigenvalue weighted by molar-refractivity contribution is 7.92. The van der Waals surface area contributed by atoms with Crippen LogP contribution in [0.1, 0.15) is 5.56 Å². The largest absolute Gasteiger partial charge is 0.484 e. The lowest BCUT2D eigenvalue weighted by molar-refractivity contribution is -0.118. The number of sulfonamides is 1. The fourth-order valence-corrected chi connectivity index (χ4v) is 5.22. The van der Waals surface area contributed by atoms with Gasteiger partial charge in [-0.15, -0.1) is 0 Å². The zero-order valence-corrected chi connectivity index (χ0v) is 17.8. The van der Waals surface area contributed by atoms with Crippen LogP contribution in [-0.2, 0) is 21.2 Å². The molecule has 1 N–H and O–H groups in total. The number of fused-ring (bicyclic) bond motifs is 2. The summed E-state index contributed by atoms with van der Waals surface area (Å²) in [7, 11) is -3.67. The van der Waals surface area contributed by atoms with E-state index in [0.29, 0.717) is 41.6 Å². The summed E-state index contributed by atoms with van der Waals surface area (Å²) in [5, 5.41) is 2.72. The van der Waals surface area contributed by atoms with Crippen molar-refractivity contribution in [3.8, 4) is 17.2 Å². The quantitative estimate of drug-likeness (QED) is 0.617. The molecular weight excluding hydrogens is 432 g/mol. The van der Waals surface area contributed by atoms with Gasteiger partial charge in [0.25, 0.3) is 15.9 Å². The number of benzene rings is 3. The standard InChI is InChI=1S/C23H20N2O6S/c26-23(24-17-5-10-21-22(13-17)31-15-30-21)14-29-18-6-8-19(9-7-18)32(27,28)25-12-11-16-3-1-2-4-20(16)25/h1-10,13H,11-12,14-15H2,(H,24,26). The van der Waals surface area contributed by atoms with Gasteiger partial charge in [0.2, 0.25) is 6.79 Å². The van der Waals surface area contributed by atoms with Crippen molar-refractivity contribution in [2.75, 3.05) is 29.6 Å². The van der Waals surface area contributed by atoms with E-state index >= 15 is 0 Å². The molecular formula is C23H20N2O6S. The third-order valence-electron chi connectivity index (χ3n) is 5.28. The molecule has 8 nitrogen and oxygen atoms in total. The van der Waals surface area contributed by atoms with Crippen LogP contribution in [-0.4, -0.2) is 34.3 Å². The molecule has 5 rings (SSSR count). The van der Waals surface area contributed by atoms with Crippen LogP contribution in [0.25, 0.3) is 0 Å². The summed E-state index contributed by atoms with van der Waals surface area (Å²) < 4.78 is 43.6.